The molecular formula is C9H7BrF4O3S. The molecule has 0 saturated heterocycles. The molecule has 0 aliphatic rings. The van der Waals surface area contributed by atoms with Crippen molar-refractivity contribution in [1.29, 1.82) is 0 Å². The van der Waals surface area contributed by atoms with E-state index >= 15 is 0 Å². The summed E-state index contributed by atoms with van der Waals surface area (Å²) in [5.74, 6) is -2.41. The van der Waals surface area contributed by atoms with Gasteiger partial charge in [0.25, 0.3) is 10.1 Å². The van der Waals surface area contributed by atoms with Gasteiger partial charge in [0.2, 0.25) is 0 Å². The maximum Gasteiger partial charge on any atom is 0.419 e. The van der Waals surface area contributed by atoms with E-state index in [0.29, 0.717) is 6.07 Å². The Kier molecular flexibility index (Phi) is 4.39. The molecule has 0 bridgehead atoms. The lowest BCUT2D eigenvalue weighted by atomic mass is 10.0. The standard InChI is InChI=1S/C9H7BrF4O3S/c10-6-3-5(1-2-18(15,16)17)8(7(11)4-6)9(12,13)14/h3-4H,1-2H2,(H,15,16,17). The molecule has 0 amide bonds. The van der Waals surface area contributed by atoms with E-state index in [1.165, 1.54) is 0 Å². The molecule has 0 heterocycles. The van der Waals surface area contributed by atoms with E-state index in [-0.39, 0.29) is 4.47 Å². The third-order valence-corrected chi connectivity index (χ3v) is 3.23. The van der Waals surface area contributed by atoms with Gasteiger partial charge in [-0.2, -0.15) is 21.6 Å². The van der Waals surface area contributed by atoms with Crippen LogP contribution in [0.15, 0.2) is 16.6 Å². The van der Waals surface area contributed by atoms with Crippen molar-refractivity contribution < 1.29 is 30.5 Å². The highest BCUT2D eigenvalue weighted by atomic mass is 79.9. The average Bonchev–Trinajstić information content (AvgIpc) is 2.09. The van der Waals surface area contributed by atoms with Crippen molar-refractivity contribution in [3.63, 3.8) is 0 Å². The van der Waals surface area contributed by atoms with Crippen LogP contribution >= 0.6 is 15.9 Å². The van der Waals surface area contributed by atoms with E-state index in [2.05, 4.69) is 15.9 Å². The minimum atomic E-state index is -4.93. The van der Waals surface area contributed by atoms with Gasteiger partial charge in [0, 0.05) is 4.47 Å². The molecule has 9 heteroatoms. The largest absolute Gasteiger partial charge is 0.419 e. The Morgan fingerprint density at radius 2 is 1.83 bits per heavy atom. The molecule has 102 valence electrons. The maximum atomic E-state index is 13.3. The summed E-state index contributed by atoms with van der Waals surface area (Å²) in [6, 6.07) is 1.61. The topological polar surface area (TPSA) is 54.4 Å². The zero-order valence-electron chi connectivity index (χ0n) is 8.63. The summed E-state index contributed by atoms with van der Waals surface area (Å²) in [6.45, 7) is 0. The second kappa shape index (κ2) is 5.14. The molecule has 0 unspecified atom stereocenters. The van der Waals surface area contributed by atoms with Gasteiger partial charge in [0.05, 0.1) is 11.3 Å². The highest BCUT2D eigenvalue weighted by Crippen LogP contribution is 2.36. The summed E-state index contributed by atoms with van der Waals surface area (Å²) in [4.78, 5) is 0. The van der Waals surface area contributed by atoms with Crippen LogP contribution in [0.4, 0.5) is 17.6 Å². The zero-order chi connectivity index (χ0) is 14.1. The van der Waals surface area contributed by atoms with Gasteiger partial charge < -0.3 is 0 Å². The number of aryl methyl sites for hydroxylation is 1. The van der Waals surface area contributed by atoms with Crippen LogP contribution < -0.4 is 0 Å². The molecule has 0 aromatic heterocycles. The van der Waals surface area contributed by atoms with Crippen molar-refractivity contribution in [2.24, 2.45) is 0 Å². The fourth-order valence-corrected chi connectivity index (χ4v) is 2.34. The van der Waals surface area contributed by atoms with Crippen molar-refractivity contribution in [3.05, 3.63) is 33.5 Å². The molecular weight excluding hydrogens is 344 g/mol. The fourth-order valence-electron chi connectivity index (χ4n) is 1.38. The van der Waals surface area contributed by atoms with E-state index in [0.717, 1.165) is 6.07 Å². The third-order valence-electron chi connectivity index (χ3n) is 2.05. The molecule has 18 heavy (non-hydrogen) atoms. The summed E-state index contributed by atoms with van der Waals surface area (Å²) in [5.41, 5.74) is -2.05. The Hall–Kier alpha value is -0.670. The summed E-state index contributed by atoms with van der Waals surface area (Å²) >= 11 is 2.82. The van der Waals surface area contributed by atoms with Crippen LogP contribution in [0.25, 0.3) is 0 Å². The van der Waals surface area contributed by atoms with Crippen LogP contribution in [0.5, 0.6) is 0 Å². The quantitative estimate of drug-likeness (QED) is 0.673. The predicted molar refractivity (Wildman–Crippen MR) is 59.2 cm³/mol. The van der Waals surface area contributed by atoms with Crippen LogP contribution in [0.3, 0.4) is 0 Å². The molecule has 1 aromatic carbocycles. The minimum Gasteiger partial charge on any atom is -0.286 e. The van der Waals surface area contributed by atoms with Crippen molar-refractivity contribution in [1.82, 2.24) is 0 Å². The lowest BCUT2D eigenvalue weighted by molar-refractivity contribution is -0.140. The van der Waals surface area contributed by atoms with Crippen molar-refractivity contribution in [3.8, 4) is 0 Å². The van der Waals surface area contributed by atoms with Gasteiger partial charge >= 0.3 is 6.18 Å². The van der Waals surface area contributed by atoms with Crippen LogP contribution in [0, 0.1) is 5.82 Å². The minimum absolute atomic E-state index is 0.0540. The van der Waals surface area contributed by atoms with Gasteiger partial charge in [-0.15, -0.1) is 0 Å². The van der Waals surface area contributed by atoms with E-state index in [1.807, 2.05) is 0 Å². The maximum absolute atomic E-state index is 13.3. The average molecular weight is 351 g/mol. The van der Waals surface area contributed by atoms with Gasteiger partial charge in [0.1, 0.15) is 5.82 Å². The summed E-state index contributed by atoms with van der Waals surface area (Å²) in [5, 5.41) is 0. The molecule has 0 fully saturated rings. The zero-order valence-corrected chi connectivity index (χ0v) is 11.0. The van der Waals surface area contributed by atoms with E-state index in [1.54, 1.807) is 0 Å². The van der Waals surface area contributed by atoms with Gasteiger partial charge in [-0.3, -0.25) is 4.55 Å². The smallest absolute Gasteiger partial charge is 0.286 e. The number of halogens is 5. The van der Waals surface area contributed by atoms with E-state index < -0.39 is 45.4 Å². The first-order valence-corrected chi connectivity index (χ1v) is 6.91. The SMILES string of the molecule is O=S(=O)(O)CCc1cc(Br)cc(F)c1C(F)(F)F. The van der Waals surface area contributed by atoms with Gasteiger partial charge in [0.15, 0.2) is 0 Å². The Labute approximate surface area is 109 Å². The number of alkyl halides is 3. The number of benzene rings is 1. The Bertz CT molecular complexity index is 554. The normalized spacial score (nSPS) is 12.8. The Morgan fingerprint density at radius 3 is 2.28 bits per heavy atom. The first-order chi connectivity index (χ1) is 8.00. The molecule has 0 aliphatic heterocycles. The predicted octanol–water partition coefficient (Wildman–Crippen LogP) is 3.04. The molecule has 3 nitrogen and oxygen atoms in total. The summed E-state index contributed by atoms with van der Waals surface area (Å²) < 4.78 is 80.6. The monoisotopic (exact) mass is 350 g/mol. The van der Waals surface area contributed by atoms with Gasteiger partial charge in [-0.1, -0.05) is 15.9 Å². The molecule has 0 atom stereocenters. The van der Waals surface area contributed by atoms with Gasteiger partial charge in [-0.25, -0.2) is 4.39 Å². The van der Waals surface area contributed by atoms with Crippen LogP contribution in [0.2, 0.25) is 0 Å². The second-order valence-electron chi connectivity index (χ2n) is 3.46. The molecule has 0 aliphatic carbocycles. The molecule has 1 aromatic rings. The lowest BCUT2D eigenvalue weighted by Gasteiger charge is -2.14. The van der Waals surface area contributed by atoms with Crippen LogP contribution in [-0.4, -0.2) is 18.7 Å². The number of hydrogen-bond donors (Lipinski definition) is 1. The summed E-state index contributed by atoms with van der Waals surface area (Å²) in [6.07, 6.45) is -5.57. The van der Waals surface area contributed by atoms with Gasteiger partial charge in [-0.05, 0) is 24.1 Å². The van der Waals surface area contributed by atoms with Crippen molar-refractivity contribution in [2.45, 2.75) is 12.6 Å². The van der Waals surface area contributed by atoms with E-state index in [4.69, 9.17) is 4.55 Å². The molecule has 0 spiro atoms. The molecule has 1 rings (SSSR count). The van der Waals surface area contributed by atoms with Crippen LogP contribution in [0.1, 0.15) is 11.1 Å². The fraction of sp³-hybridized carbons (Fsp3) is 0.333. The van der Waals surface area contributed by atoms with E-state index in [9.17, 15) is 26.0 Å². The van der Waals surface area contributed by atoms with Crippen LogP contribution in [-0.2, 0) is 22.7 Å². The summed E-state index contributed by atoms with van der Waals surface area (Å²) in [7, 11) is -4.42. The van der Waals surface area contributed by atoms with Crippen molar-refractivity contribution >= 4 is 26.0 Å². The molecule has 1 N–H and O–H groups in total. The van der Waals surface area contributed by atoms with Crippen molar-refractivity contribution in [2.75, 3.05) is 5.75 Å². The Morgan fingerprint density at radius 1 is 1.28 bits per heavy atom. The molecule has 0 radical (unpaired) electrons. The molecule has 0 saturated carbocycles. The highest BCUT2D eigenvalue weighted by Gasteiger charge is 2.37. The second-order valence-corrected chi connectivity index (χ2v) is 5.94. The third kappa shape index (κ3) is 4.21. The number of hydrogen-bond acceptors (Lipinski definition) is 2. The highest BCUT2D eigenvalue weighted by molar-refractivity contribution is 9.10. The first kappa shape index (κ1) is 15.4. The first-order valence-electron chi connectivity index (χ1n) is 4.51. The lowest BCUT2D eigenvalue weighted by Crippen LogP contribution is -2.15. The Balaban J connectivity index is 3.25. The number of rotatable bonds is 3.